The van der Waals surface area contributed by atoms with Crippen molar-refractivity contribution in [1.82, 2.24) is 14.9 Å². The number of amides is 1. The number of nitrogens with zero attached hydrogens (tertiary/aromatic N) is 2. The minimum atomic E-state index is -0.137. The van der Waals surface area contributed by atoms with Crippen LogP contribution in [-0.4, -0.2) is 21.5 Å². The predicted molar refractivity (Wildman–Crippen MR) is 82.8 cm³/mol. The lowest BCUT2D eigenvalue weighted by molar-refractivity contribution is 0.0900. The lowest BCUT2D eigenvalue weighted by Gasteiger charge is -2.24. The van der Waals surface area contributed by atoms with Crippen molar-refractivity contribution in [2.75, 3.05) is 0 Å². The van der Waals surface area contributed by atoms with Gasteiger partial charge in [-0.3, -0.25) is 4.79 Å². The molecule has 0 saturated carbocycles. The lowest BCUT2D eigenvalue weighted by atomic mass is 10.1. The molecule has 3 aromatic rings. The van der Waals surface area contributed by atoms with Gasteiger partial charge < -0.3 is 14.3 Å². The Morgan fingerprint density at radius 1 is 1.41 bits per heavy atom. The second-order valence-corrected chi connectivity index (χ2v) is 5.76. The molecule has 5 nitrogen and oxygen atoms in total. The molecule has 3 heterocycles. The Labute approximate surface area is 127 Å². The first-order chi connectivity index (χ1) is 10.7. The van der Waals surface area contributed by atoms with Gasteiger partial charge in [-0.15, -0.1) is 0 Å². The van der Waals surface area contributed by atoms with E-state index in [1.165, 1.54) is 0 Å². The van der Waals surface area contributed by atoms with E-state index >= 15 is 0 Å². The first kappa shape index (κ1) is 13.1. The highest BCUT2D eigenvalue weighted by atomic mass is 16.3. The molecule has 22 heavy (non-hydrogen) atoms. The van der Waals surface area contributed by atoms with E-state index in [1.54, 1.807) is 0 Å². The smallest absolute Gasteiger partial charge is 0.287 e. The van der Waals surface area contributed by atoms with Crippen LogP contribution in [0.3, 0.4) is 0 Å². The Balaban J connectivity index is 1.56. The zero-order valence-corrected chi connectivity index (χ0v) is 12.4. The highest BCUT2D eigenvalue weighted by Crippen LogP contribution is 2.25. The fourth-order valence-corrected chi connectivity index (χ4v) is 3.13. The zero-order chi connectivity index (χ0) is 15.1. The minimum Gasteiger partial charge on any atom is -0.451 e. The van der Waals surface area contributed by atoms with Gasteiger partial charge in [0.25, 0.3) is 5.91 Å². The first-order valence-electron chi connectivity index (χ1n) is 7.51. The fraction of sp³-hybridized carbons (Fsp3) is 0.294. The number of hydrogen-bond donors (Lipinski definition) is 1. The van der Waals surface area contributed by atoms with Gasteiger partial charge in [-0.05, 0) is 19.4 Å². The van der Waals surface area contributed by atoms with Gasteiger partial charge in [0.2, 0.25) is 0 Å². The predicted octanol–water partition coefficient (Wildman–Crippen LogP) is 2.68. The Kier molecular flexibility index (Phi) is 2.99. The van der Waals surface area contributed by atoms with Crippen molar-refractivity contribution in [3.63, 3.8) is 0 Å². The van der Waals surface area contributed by atoms with Crippen molar-refractivity contribution in [2.45, 2.75) is 32.4 Å². The van der Waals surface area contributed by atoms with Crippen LogP contribution in [0.15, 0.2) is 41.1 Å². The number of carbonyl (C=O) groups is 1. The van der Waals surface area contributed by atoms with Gasteiger partial charge in [-0.1, -0.05) is 18.2 Å². The molecular weight excluding hydrogens is 278 g/mol. The number of para-hydroxylation sites is 1. The van der Waals surface area contributed by atoms with Crippen LogP contribution in [0, 0.1) is 6.92 Å². The van der Waals surface area contributed by atoms with E-state index < -0.39 is 0 Å². The van der Waals surface area contributed by atoms with Gasteiger partial charge in [0, 0.05) is 42.4 Å². The molecule has 0 bridgehead atoms. The number of furan rings is 1. The van der Waals surface area contributed by atoms with Crippen LogP contribution >= 0.6 is 0 Å². The zero-order valence-electron chi connectivity index (χ0n) is 12.4. The van der Waals surface area contributed by atoms with Crippen molar-refractivity contribution >= 4 is 16.9 Å². The topological polar surface area (TPSA) is 60.1 Å². The number of imidazole rings is 1. The second kappa shape index (κ2) is 5.02. The molecule has 0 radical (unpaired) electrons. The summed E-state index contributed by atoms with van der Waals surface area (Å²) in [5.41, 5.74) is 1.65. The minimum absolute atomic E-state index is 0.113. The summed E-state index contributed by atoms with van der Waals surface area (Å²) in [7, 11) is 0. The number of hydrogen-bond acceptors (Lipinski definition) is 3. The average Bonchev–Trinajstić information content (AvgIpc) is 3.12. The third-order valence-corrected chi connectivity index (χ3v) is 4.32. The highest BCUT2D eigenvalue weighted by Gasteiger charge is 2.24. The van der Waals surface area contributed by atoms with Crippen molar-refractivity contribution < 1.29 is 9.21 Å². The largest absolute Gasteiger partial charge is 0.451 e. The molecule has 4 rings (SSSR count). The number of rotatable bonds is 2. The second-order valence-electron chi connectivity index (χ2n) is 5.76. The van der Waals surface area contributed by atoms with E-state index in [9.17, 15) is 4.79 Å². The van der Waals surface area contributed by atoms with Crippen LogP contribution in [-0.2, 0) is 13.0 Å². The summed E-state index contributed by atoms with van der Waals surface area (Å²) < 4.78 is 7.82. The monoisotopic (exact) mass is 295 g/mol. The third-order valence-electron chi connectivity index (χ3n) is 4.32. The number of benzene rings is 1. The maximum Gasteiger partial charge on any atom is 0.287 e. The van der Waals surface area contributed by atoms with Crippen LogP contribution in [0.1, 0.15) is 28.4 Å². The standard InChI is InChI=1S/C17H17N3O2/c1-11-13-4-2-3-5-14(13)22-16(11)17(21)19-12-6-7-15-18-8-9-20(15)10-12/h2-5,8-9,12H,6-7,10H2,1H3,(H,19,21). The van der Waals surface area contributed by atoms with Crippen LogP contribution in [0.4, 0.5) is 0 Å². The molecule has 0 fully saturated rings. The average molecular weight is 295 g/mol. The fourth-order valence-electron chi connectivity index (χ4n) is 3.13. The van der Waals surface area contributed by atoms with Gasteiger partial charge in [-0.2, -0.15) is 0 Å². The van der Waals surface area contributed by atoms with Crippen molar-refractivity contribution in [2.24, 2.45) is 0 Å². The van der Waals surface area contributed by atoms with Gasteiger partial charge >= 0.3 is 0 Å². The summed E-state index contributed by atoms with van der Waals surface area (Å²) in [6.07, 6.45) is 5.56. The summed E-state index contributed by atoms with van der Waals surface area (Å²) >= 11 is 0. The summed E-state index contributed by atoms with van der Waals surface area (Å²) in [5.74, 6) is 1.37. The molecule has 0 saturated heterocycles. The Bertz CT molecular complexity index is 847. The Hall–Kier alpha value is -2.56. The molecule has 1 aliphatic heterocycles. The van der Waals surface area contributed by atoms with E-state index in [2.05, 4.69) is 14.9 Å². The lowest BCUT2D eigenvalue weighted by Crippen LogP contribution is -2.40. The van der Waals surface area contributed by atoms with E-state index in [1.807, 2.05) is 43.6 Å². The van der Waals surface area contributed by atoms with Crippen LogP contribution in [0.2, 0.25) is 0 Å². The molecule has 1 amide bonds. The summed E-state index contributed by atoms with van der Waals surface area (Å²) in [4.78, 5) is 16.8. The number of fused-ring (bicyclic) bond motifs is 2. The summed E-state index contributed by atoms with van der Waals surface area (Å²) in [6, 6.07) is 7.84. The Morgan fingerprint density at radius 3 is 3.14 bits per heavy atom. The van der Waals surface area contributed by atoms with E-state index in [-0.39, 0.29) is 11.9 Å². The molecule has 5 heteroatoms. The van der Waals surface area contributed by atoms with Crippen molar-refractivity contribution in [3.8, 4) is 0 Å². The molecule has 1 atom stereocenters. The number of aryl methyl sites for hydroxylation is 2. The molecule has 0 aliphatic carbocycles. The van der Waals surface area contributed by atoms with E-state index in [4.69, 9.17) is 4.42 Å². The molecule has 1 aliphatic rings. The molecule has 1 unspecified atom stereocenters. The first-order valence-corrected chi connectivity index (χ1v) is 7.51. The van der Waals surface area contributed by atoms with Crippen LogP contribution in [0.5, 0.6) is 0 Å². The molecular formula is C17H17N3O2. The highest BCUT2D eigenvalue weighted by molar-refractivity contribution is 5.99. The normalized spacial score (nSPS) is 17.4. The van der Waals surface area contributed by atoms with Crippen molar-refractivity contribution in [1.29, 1.82) is 0 Å². The number of carbonyl (C=O) groups excluding carboxylic acids is 1. The number of nitrogens with one attached hydrogen (secondary N) is 1. The molecule has 0 spiro atoms. The van der Waals surface area contributed by atoms with Gasteiger partial charge in [0.05, 0.1) is 0 Å². The van der Waals surface area contributed by atoms with Crippen LogP contribution < -0.4 is 5.32 Å². The summed E-state index contributed by atoms with van der Waals surface area (Å²) in [5, 5.41) is 4.08. The van der Waals surface area contributed by atoms with E-state index in [0.29, 0.717) is 5.76 Å². The molecule has 2 aromatic heterocycles. The van der Waals surface area contributed by atoms with Gasteiger partial charge in [0.15, 0.2) is 5.76 Å². The molecule has 1 aromatic carbocycles. The van der Waals surface area contributed by atoms with Gasteiger partial charge in [-0.25, -0.2) is 4.98 Å². The third kappa shape index (κ3) is 2.09. The molecule has 1 N–H and O–H groups in total. The van der Waals surface area contributed by atoms with Crippen molar-refractivity contribution in [3.05, 3.63) is 53.8 Å². The SMILES string of the molecule is Cc1c(C(=O)NC2CCc3nccn3C2)oc2ccccc12. The van der Waals surface area contributed by atoms with E-state index in [0.717, 1.165) is 41.7 Å². The summed E-state index contributed by atoms with van der Waals surface area (Å²) in [6.45, 7) is 2.69. The maximum atomic E-state index is 12.5. The number of aromatic nitrogens is 2. The Morgan fingerprint density at radius 2 is 2.27 bits per heavy atom. The van der Waals surface area contributed by atoms with Gasteiger partial charge in [0.1, 0.15) is 11.4 Å². The van der Waals surface area contributed by atoms with Crippen LogP contribution in [0.25, 0.3) is 11.0 Å². The molecule has 112 valence electrons. The quantitative estimate of drug-likeness (QED) is 0.790. The maximum absolute atomic E-state index is 12.5.